The number of hydrogen-bond donors (Lipinski definition) is 1. The van der Waals surface area contributed by atoms with Crippen LogP contribution in [0.2, 0.25) is 5.02 Å². The third-order valence-corrected chi connectivity index (χ3v) is 5.64. The maximum absolute atomic E-state index is 11.9. The first-order valence-electron chi connectivity index (χ1n) is 11.6. The lowest BCUT2D eigenvalue weighted by Gasteiger charge is -2.06. The van der Waals surface area contributed by atoms with Gasteiger partial charge in [0, 0.05) is 12.6 Å². The van der Waals surface area contributed by atoms with Crippen LogP contribution in [0.3, 0.4) is 0 Å². The number of pyridine rings is 1. The lowest BCUT2D eigenvalue weighted by Crippen LogP contribution is -2.23. The number of aromatic nitrogens is 1. The summed E-state index contributed by atoms with van der Waals surface area (Å²) in [6.45, 7) is 2.69. The van der Waals surface area contributed by atoms with Crippen LogP contribution in [0.25, 0.3) is 0 Å². The normalized spacial score (nSPS) is 10.9. The van der Waals surface area contributed by atoms with Crippen LogP contribution in [0.15, 0.2) is 18.3 Å². The molecule has 4 heteroatoms. The topological polar surface area (TPSA) is 42.0 Å². The zero-order valence-electron chi connectivity index (χ0n) is 18.0. The van der Waals surface area contributed by atoms with Gasteiger partial charge in [0.1, 0.15) is 0 Å². The van der Waals surface area contributed by atoms with Crippen molar-refractivity contribution in [3.8, 4) is 0 Å². The van der Waals surface area contributed by atoms with Gasteiger partial charge < -0.3 is 5.32 Å². The van der Waals surface area contributed by atoms with E-state index in [0.717, 1.165) is 18.5 Å². The van der Waals surface area contributed by atoms with Gasteiger partial charge in [0.2, 0.25) is 5.91 Å². The molecule has 0 aliphatic heterocycles. The summed E-state index contributed by atoms with van der Waals surface area (Å²) >= 11 is 6.04. The van der Waals surface area contributed by atoms with E-state index in [1.807, 2.05) is 0 Å². The Bertz CT molecular complexity index is 507. The van der Waals surface area contributed by atoms with Gasteiger partial charge in [-0.25, -0.2) is 0 Å². The van der Waals surface area contributed by atoms with Gasteiger partial charge in [-0.2, -0.15) is 0 Å². The number of carbonyl (C=O) groups is 1. The molecule has 1 N–H and O–H groups in total. The number of halogens is 1. The summed E-state index contributed by atoms with van der Waals surface area (Å²) in [5.41, 5.74) is 0.731. The lowest BCUT2D eigenvalue weighted by atomic mass is 10.0. The van der Waals surface area contributed by atoms with Gasteiger partial charge in [-0.05, 0) is 18.6 Å². The second kappa shape index (κ2) is 18.0. The van der Waals surface area contributed by atoms with E-state index >= 15 is 0 Å². The first-order chi connectivity index (χ1) is 13.7. The molecule has 0 saturated carbocycles. The monoisotopic (exact) mass is 408 g/mol. The number of unbranched alkanes of at least 4 members (excludes halogenated alkanes) is 14. The summed E-state index contributed by atoms with van der Waals surface area (Å²) in [6, 6.07) is 3.59. The SMILES string of the molecule is CCCCCCCCCCCCCCCCCC(=O)NCc1ncccc1Cl. The molecule has 1 amide bonds. The summed E-state index contributed by atoms with van der Waals surface area (Å²) in [7, 11) is 0. The Balaban J connectivity index is 1.81. The molecular weight excluding hydrogens is 368 g/mol. The van der Waals surface area contributed by atoms with E-state index in [4.69, 9.17) is 11.6 Å². The minimum Gasteiger partial charge on any atom is -0.350 e. The first-order valence-corrected chi connectivity index (χ1v) is 12.0. The number of rotatable bonds is 18. The summed E-state index contributed by atoms with van der Waals surface area (Å²) in [6.07, 6.45) is 22.4. The minimum absolute atomic E-state index is 0.0939. The second-order valence-corrected chi connectivity index (χ2v) is 8.32. The molecule has 0 aromatic carbocycles. The molecule has 1 aromatic rings. The lowest BCUT2D eigenvalue weighted by molar-refractivity contribution is -0.121. The van der Waals surface area contributed by atoms with Crippen molar-refractivity contribution in [2.45, 2.75) is 116 Å². The van der Waals surface area contributed by atoms with Gasteiger partial charge in [-0.15, -0.1) is 0 Å². The van der Waals surface area contributed by atoms with Crippen LogP contribution in [-0.4, -0.2) is 10.9 Å². The Kier molecular flexibility index (Phi) is 16.0. The van der Waals surface area contributed by atoms with E-state index in [-0.39, 0.29) is 5.91 Å². The maximum atomic E-state index is 11.9. The molecule has 0 spiro atoms. The molecule has 28 heavy (non-hydrogen) atoms. The molecule has 0 radical (unpaired) electrons. The maximum Gasteiger partial charge on any atom is 0.220 e. The molecule has 160 valence electrons. The standard InChI is InChI=1S/C24H41ClN2O/c1-2-3-4-5-6-7-8-9-10-11-12-13-14-15-16-19-24(28)27-21-23-22(25)18-17-20-26-23/h17-18,20H,2-16,19,21H2,1H3,(H,27,28). The predicted octanol–water partition coefficient (Wildman–Crippen LogP) is 7.61. The molecule has 0 atom stereocenters. The van der Waals surface area contributed by atoms with Crippen LogP contribution in [0, 0.1) is 0 Å². The average Bonchev–Trinajstić information content (AvgIpc) is 2.70. The van der Waals surface area contributed by atoms with Gasteiger partial charge in [0.05, 0.1) is 17.3 Å². The fourth-order valence-corrected chi connectivity index (χ4v) is 3.66. The zero-order chi connectivity index (χ0) is 20.3. The average molecular weight is 409 g/mol. The fraction of sp³-hybridized carbons (Fsp3) is 0.750. The highest BCUT2D eigenvalue weighted by Crippen LogP contribution is 2.14. The van der Waals surface area contributed by atoms with Crippen LogP contribution in [0.1, 0.15) is 115 Å². The Hall–Kier alpha value is -1.09. The third kappa shape index (κ3) is 14.0. The molecule has 0 aliphatic rings. The van der Waals surface area contributed by atoms with Crippen LogP contribution in [0.4, 0.5) is 0 Å². The van der Waals surface area contributed by atoms with Crippen molar-refractivity contribution in [2.75, 3.05) is 0 Å². The molecule has 1 rings (SSSR count). The number of hydrogen-bond acceptors (Lipinski definition) is 2. The molecule has 3 nitrogen and oxygen atoms in total. The van der Waals surface area contributed by atoms with Gasteiger partial charge in [0.15, 0.2) is 0 Å². The highest BCUT2D eigenvalue weighted by Gasteiger charge is 2.04. The smallest absolute Gasteiger partial charge is 0.220 e. The van der Waals surface area contributed by atoms with E-state index in [1.54, 1.807) is 18.3 Å². The van der Waals surface area contributed by atoms with Gasteiger partial charge >= 0.3 is 0 Å². The molecule has 1 aromatic heterocycles. The largest absolute Gasteiger partial charge is 0.350 e. The second-order valence-electron chi connectivity index (χ2n) is 7.91. The Morgan fingerprint density at radius 3 is 1.86 bits per heavy atom. The van der Waals surface area contributed by atoms with Crippen LogP contribution in [0.5, 0.6) is 0 Å². The van der Waals surface area contributed by atoms with Crippen LogP contribution >= 0.6 is 11.6 Å². The number of carbonyl (C=O) groups excluding carboxylic acids is 1. The zero-order valence-corrected chi connectivity index (χ0v) is 18.7. The summed E-state index contributed by atoms with van der Waals surface area (Å²) < 4.78 is 0. The van der Waals surface area contributed by atoms with Crippen molar-refractivity contribution in [3.63, 3.8) is 0 Å². The van der Waals surface area contributed by atoms with Crippen molar-refractivity contribution in [1.29, 1.82) is 0 Å². The fourth-order valence-electron chi connectivity index (χ4n) is 3.48. The quantitative estimate of drug-likeness (QED) is 0.254. The van der Waals surface area contributed by atoms with E-state index in [1.165, 1.54) is 83.5 Å². The Morgan fingerprint density at radius 1 is 0.857 bits per heavy atom. The van der Waals surface area contributed by atoms with Crippen molar-refractivity contribution in [2.24, 2.45) is 0 Å². The predicted molar refractivity (Wildman–Crippen MR) is 121 cm³/mol. The molecule has 0 fully saturated rings. The van der Waals surface area contributed by atoms with Gasteiger partial charge in [-0.1, -0.05) is 108 Å². The summed E-state index contributed by atoms with van der Waals surface area (Å²) in [5, 5.41) is 3.51. The van der Waals surface area contributed by atoms with Gasteiger partial charge in [0.25, 0.3) is 0 Å². The van der Waals surface area contributed by atoms with E-state index in [2.05, 4.69) is 17.2 Å². The summed E-state index contributed by atoms with van der Waals surface area (Å²) in [5.74, 6) is 0.0939. The number of amides is 1. The van der Waals surface area contributed by atoms with Crippen LogP contribution in [-0.2, 0) is 11.3 Å². The molecular formula is C24H41ClN2O. The van der Waals surface area contributed by atoms with Crippen molar-refractivity contribution in [1.82, 2.24) is 10.3 Å². The highest BCUT2D eigenvalue weighted by molar-refractivity contribution is 6.31. The van der Waals surface area contributed by atoms with Crippen molar-refractivity contribution >= 4 is 17.5 Å². The third-order valence-electron chi connectivity index (χ3n) is 5.30. The molecule has 0 saturated heterocycles. The van der Waals surface area contributed by atoms with Gasteiger partial charge in [-0.3, -0.25) is 9.78 Å². The van der Waals surface area contributed by atoms with Crippen molar-refractivity contribution < 1.29 is 4.79 Å². The van der Waals surface area contributed by atoms with E-state index < -0.39 is 0 Å². The Morgan fingerprint density at radius 2 is 1.36 bits per heavy atom. The number of nitrogens with zero attached hydrogens (tertiary/aromatic N) is 1. The van der Waals surface area contributed by atoms with Crippen molar-refractivity contribution in [3.05, 3.63) is 29.0 Å². The Labute approximate surface area is 178 Å². The summed E-state index contributed by atoms with van der Waals surface area (Å²) in [4.78, 5) is 16.1. The van der Waals surface area contributed by atoms with Crippen LogP contribution < -0.4 is 5.32 Å². The molecule has 0 unspecified atom stereocenters. The minimum atomic E-state index is 0.0939. The first kappa shape index (κ1) is 24.9. The highest BCUT2D eigenvalue weighted by atomic mass is 35.5. The molecule has 1 heterocycles. The van der Waals surface area contributed by atoms with E-state index in [9.17, 15) is 4.79 Å². The number of nitrogens with one attached hydrogen (secondary N) is 1. The molecule has 0 bridgehead atoms. The molecule has 0 aliphatic carbocycles. The van der Waals surface area contributed by atoms with E-state index in [0.29, 0.717) is 18.0 Å².